The van der Waals surface area contributed by atoms with Gasteiger partial charge in [0.1, 0.15) is 16.5 Å². The Morgan fingerprint density at radius 1 is 1.44 bits per heavy atom. The van der Waals surface area contributed by atoms with Gasteiger partial charge in [-0.2, -0.15) is 0 Å². The van der Waals surface area contributed by atoms with Crippen LogP contribution >= 0.6 is 15.9 Å². The van der Waals surface area contributed by atoms with Crippen LogP contribution in [-0.2, 0) is 14.3 Å². The maximum atomic E-state index is 13.2. The maximum absolute atomic E-state index is 13.2. The highest BCUT2D eigenvalue weighted by atomic mass is 79.9. The lowest BCUT2D eigenvalue weighted by atomic mass is 9.90. The predicted molar refractivity (Wildman–Crippen MR) is 92.8 cm³/mol. The lowest BCUT2D eigenvalue weighted by Gasteiger charge is -2.34. The van der Waals surface area contributed by atoms with Gasteiger partial charge >= 0.3 is 6.09 Å². The van der Waals surface area contributed by atoms with Gasteiger partial charge < -0.3 is 24.7 Å². The third-order valence-corrected chi connectivity index (χ3v) is 5.28. The number of nitrogens with one attached hydrogen (secondary N) is 2. The van der Waals surface area contributed by atoms with Gasteiger partial charge in [0.05, 0.1) is 19.3 Å². The molecule has 1 aromatic heterocycles. The number of H-pyrrole nitrogens is 1. The number of halogens is 1. The van der Waals surface area contributed by atoms with E-state index in [9.17, 15) is 9.59 Å². The molecule has 0 aromatic carbocycles. The average Bonchev–Trinajstić information content (AvgIpc) is 3.28. The Morgan fingerprint density at radius 3 is 2.84 bits per heavy atom. The molecular formula is C16H23BrN4O4. The second-order valence-electron chi connectivity index (χ2n) is 6.37. The lowest BCUT2D eigenvalue weighted by molar-refractivity contribution is -0.136. The Morgan fingerprint density at radius 2 is 2.20 bits per heavy atom. The zero-order valence-electron chi connectivity index (χ0n) is 14.2. The van der Waals surface area contributed by atoms with E-state index in [1.165, 1.54) is 7.11 Å². The summed E-state index contributed by atoms with van der Waals surface area (Å²) in [5.74, 6) is 0.735. The largest absolute Gasteiger partial charge is 0.453 e. The zero-order chi connectivity index (χ0) is 17.8. The number of hydrogen-bond acceptors (Lipinski definition) is 5. The maximum Gasteiger partial charge on any atom is 0.407 e. The fourth-order valence-electron chi connectivity index (χ4n) is 3.59. The number of ether oxygens (including phenoxy) is 2. The van der Waals surface area contributed by atoms with Gasteiger partial charge in [-0.3, -0.25) is 4.79 Å². The Hall–Kier alpha value is -1.61. The summed E-state index contributed by atoms with van der Waals surface area (Å²) in [5, 5.41) is 2.74. The second-order valence-corrected chi connectivity index (χ2v) is 7.22. The van der Waals surface area contributed by atoms with Crippen LogP contribution < -0.4 is 5.32 Å². The van der Waals surface area contributed by atoms with E-state index < -0.39 is 12.1 Å². The number of rotatable bonds is 4. The summed E-state index contributed by atoms with van der Waals surface area (Å²) in [6, 6.07) is -0.698. The van der Waals surface area contributed by atoms with E-state index in [2.05, 4.69) is 31.2 Å². The van der Waals surface area contributed by atoms with E-state index in [4.69, 9.17) is 9.47 Å². The summed E-state index contributed by atoms with van der Waals surface area (Å²) in [5.41, 5.74) is 0. The summed E-state index contributed by atoms with van der Waals surface area (Å²) < 4.78 is 10.9. The molecule has 9 heteroatoms. The van der Waals surface area contributed by atoms with Gasteiger partial charge in [-0.05, 0) is 47.5 Å². The predicted octanol–water partition coefficient (Wildman–Crippen LogP) is 1.99. The smallest absolute Gasteiger partial charge is 0.407 e. The van der Waals surface area contributed by atoms with Crippen molar-refractivity contribution < 1.29 is 19.1 Å². The average molecular weight is 415 g/mol. The number of aromatic amines is 1. The standard InChI is InChI=1S/C16H23BrN4O4/c1-24-16(23)20-13(10-4-7-25-8-5-10)15(22)21-6-2-3-11(21)14-18-9-12(17)19-14/h9-11,13H,2-8H2,1H3,(H,18,19)(H,20,23)/t11-,13?/m0/s1. The summed E-state index contributed by atoms with van der Waals surface area (Å²) in [4.78, 5) is 34.4. The van der Waals surface area contributed by atoms with Crippen molar-refractivity contribution in [2.24, 2.45) is 5.92 Å². The Kier molecular flexibility index (Phi) is 5.95. The van der Waals surface area contributed by atoms with Crippen LogP contribution in [0.3, 0.4) is 0 Å². The lowest BCUT2D eigenvalue weighted by Crippen LogP contribution is -2.53. The molecule has 8 nitrogen and oxygen atoms in total. The van der Waals surface area contributed by atoms with Crippen molar-refractivity contribution in [1.29, 1.82) is 0 Å². The number of methoxy groups -OCH3 is 1. The molecule has 2 N–H and O–H groups in total. The first kappa shape index (κ1) is 18.2. The van der Waals surface area contributed by atoms with Crippen LogP contribution in [0.2, 0.25) is 0 Å². The fourth-order valence-corrected chi connectivity index (χ4v) is 3.90. The summed E-state index contributed by atoms with van der Waals surface area (Å²) in [7, 11) is 1.31. The molecular weight excluding hydrogens is 392 g/mol. The highest BCUT2D eigenvalue weighted by Crippen LogP contribution is 2.33. The first-order valence-electron chi connectivity index (χ1n) is 8.53. The van der Waals surface area contributed by atoms with Crippen LogP contribution in [0.15, 0.2) is 10.8 Å². The number of carbonyl (C=O) groups is 2. The molecule has 2 aliphatic heterocycles. The third-order valence-electron chi connectivity index (χ3n) is 4.88. The van der Waals surface area contributed by atoms with Crippen LogP contribution in [-0.4, -0.2) is 59.8 Å². The SMILES string of the molecule is COC(=O)NC(C(=O)N1CCC[C@H]1c1ncc(Br)[nH]1)C1CCOCC1. The molecule has 2 aliphatic rings. The van der Waals surface area contributed by atoms with Gasteiger partial charge in [-0.15, -0.1) is 0 Å². The Bertz CT molecular complexity index is 617. The minimum absolute atomic E-state index is 0.0462. The topological polar surface area (TPSA) is 96.5 Å². The highest BCUT2D eigenvalue weighted by Gasteiger charge is 2.39. The zero-order valence-corrected chi connectivity index (χ0v) is 15.8. The number of likely N-dealkylation sites (tertiary alicyclic amines) is 1. The van der Waals surface area contributed by atoms with E-state index in [1.54, 1.807) is 6.20 Å². The van der Waals surface area contributed by atoms with Gasteiger partial charge in [0.15, 0.2) is 0 Å². The molecule has 0 spiro atoms. The molecule has 1 aromatic rings. The highest BCUT2D eigenvalue weighted by molar-refractivity contribution is 9.10. The van der Waals surface area contributed by atoms with Crippen LogP contribution in [0.1, 0.15) is 37.5 Å². The monoisotopic (exact) mass is 414 g/mol. The molecule has 0 saturated carbocycles. The molecule has 0 aliphatic carbocycles. The van der Waals surface area contributed by atoms with Crippen LogP contribution in [0, 0.1) is 5.92 Å². The van der Waals surface area contributed by atoms with Gasteiger partial charge in [0.25, 0.3) is 0 Å². The second kappa shape index (κ2) is 8.18. The van der Waals surface area contributed by atoms with E-state index >= 15 is 0 Å². The number of carbonyl (C=O) groups excluding carboxylic acids is 2. The van der Waals surface area contributed by atoms with Crippen LogP contribution in [0.25, 0.3) is 0 Å². The number of hydrogen-bond donors (Lipinski definition) is 2. The van der Waals surface area contributed by atoms with Crippen molar-refractivity contribution in [2.45, 2.75) is 37.8 Å². The molecule has 2 amide bonds. The minimum atomic E-state index is -0.602. The Balaban J connectivity index is 1.78. The van der Waals surface area contributed by atoms with Crippen molar-refractivity contribution in [3.05, 3.63) is 16.6 Å². The third kappa shape index (κ3) is 4.14. The van der Waals surface area contributed by atoms with Gasteiger partial charge in [-0.25, -0.2) is 9.78 Å². The van der Waals surface area contributed by atoms with Crippen LogP contribution in [0.5, 0.6) is 0 Å². The van der Waals surface area contributed by atoms with Crippen molar-refractivity contribution in [2.75, 3.05) is 26.9 Å². The number of imidazole rings is 1. The number of alkyl carbamates (subject to hydrolysis) is 1. The van der Waals surface area contributed by atoms with E-state index in [0.717, 1.165) is 36.1 Å². The van der Waals surface area contributed by atoms with Crippen molar-refractivity contribution >= 4 is 27.9 Å². The van der Waals surface area contributed by atoms with Crippen molar-refractivity contribution in [3.8, 4) is 0 Å². The summed E-state index contributed by atoms with van der Waals surface area (Å²) >= 11 is 3.36. The number of aromatic nitrogens is 2. The first-order valence-corrected chi connectivity index (χ1v) is 9.32. The molecule has 2 saturated heterocycles. The number of nitrogens with zero attached hydrogens (tertiary/aromatic N) is 2. The molecule has 138 valence electrons. The molecule has 3 heterocycles. The molecule has 25 heavy (non-hydrogen) atoms. The normalized spacial score (nSPS) is 22.6. The van der Waals surface area contributed by atoms with Gasteiger partial charge in [0, 0.05) is 19.8 Å². The van der Waals surface area contributed by atoms with Crippen LogP contribution in [0.4, 0.5) is 4.79 Å². The molecule has 3 rings (SSSR count). The summed E-state index contributed by atoms with van der Waals surface area (Å²) in [6.45, 7) is 1.86. The molecule has 2 fully saturated rings. The summed E-state index contributed by atoms with van der Waals surface area (Å²) in [6.07, 6.45) is 4.36. The molecule has 0 bridgehead atoms. The minimum Gasteiger partial charge on any atom is -0.453 e. The quantitative estimate of drug-likeness (QED) is 0.784. The first-order chi connectivity index (χ1) is 12.1. The van der Waals surface area contributed by atoms with Gasteiger partial charge in [-0.1, -0.05) is 0 Å². The van der Waals surface area contributed by atoms with Crippen molar-refractivity contribution in [3.63, 3.8) is 0 Å². The Labute approximate surface area is 154 Å². The van der Waals surface area contributed by atoms with E-state index in [0.29, 0.717) is 19.8 Å². The number of amides is 2. The molecule has 2 atom stereocenters. The van der Waals surface area contributed by atoms with Crippen molar-refractivity contribution in [1.82, 2.24) is 20.2 Å². The fraction of sp³-hybridized carbons (Fsp3) is 0.688. The van der Waals surface area contributed by atoms with E-state index in [1.807, 2.05) is 4.90 Å². The van der Waals surface area contributed by atoms with Gasteiger partial charge in [0.2, 0.25) is 5.91 Å². The van der Waals surface area contributed by atoms with E-state index in [-0.39, 0.29) is 17.9 Å². The molecule has 0 radical (unpaired) electrons. The molecule has 1 unspecified atom stereocenters.